The van der Waals surface area contributed by atoms with Crippen LogP contribution in [0.3, 0.4) is 0 Å². The van der Waals surface area contributed by atoms with Gasteiger partial charge in [-0.05, 0) is 36.8 Å². The smallest absolute Gasteiger partial charge is 0.258 e. The number of rotatable bonds is 4. The van der Waals surface area contributed by atoms with Gasteiger partial charge < -0.3 is 10.6 Å². The van der Waals surface area contributed by atoms with Gasteiger partial charge >= 0.3 is 0 Å². The topological polar surface area (TPSA) is 66.9 Å². The van der Waals surface area contributed by atoms with Gasteiger partial charge in [0, 0.05) is 18.1 Å². The molecule has 0 aliphatic carbocycles. The molecule has 6 heteroatoms. The monoisotopic (exact) mass is 322 g/mol. The Kier molecular flexibility index (Phi) is 4.47. The van der Waals surface area contributed by atoms with Gasteiger partial charge in [0.25, 0.3) is 5.91 Å². The van der Waals surface area contributed by atoms with Gasteiger partial charge in [-0.3, -0.25) is 4.79 Å². The molecule has 0 bridgehead atoms. The first-order valence-electron chi connectivity index (χ1n) is 7.33. The second-order valence-electron chi connectivity index (χ2n) is 5.22. The second kappa shape index (κ2) is 6.87. The Labute approximate surface area is 138 Å². The van der Waals surface area contributed by atoms with Crippen molar-refractivity contribution in [1.82, 2.24) is 9.97 Å². The highest BCUT2D eigenvalue weighted by atomic mass is 19.1. The van der Waals surface area contributed by atoms with E-state index in [9.17, 15) is 9.18 Å². The van der Waals surface area contributed by atoms with Crippen molar-refractivity contribution in [3.05, 3.63) is 77.9 Å². The number of anilines is 3. The Morgan fingerprint density at radius 3 is 2.50 bits per heavy atom. The molecule has 0 fully saturated rings. The van der Waals surface area contributed by atoms with E-state index >= 15 is 0 Å². The van der Waals surface area contributed by atoms with Crippen molar-refractivity contribution in [2.24, 2.45) is 0 Å². The van der Waals surface area contributed by atoms with Gasteiger partial charge in [-0.2, -0.15) is 0 Å². The minimum Gasteiger partial charge on any atom is -0.324 e. The van der Waals surface area contributed by atoms with E-state index in [2.05, 4.69) is 20.6 Å². The lowest BCUT2D eigenvalue weighted by Gasteiger charge is -2.07. The Balaban J connectivity index is 1.70. The van der Waals surface area contributed by atoms with E-state index in [1.54, 1.807) is 12.1 Å². The lowest BCUT2D eigenvalue weighted by Crippen LogP contribution is -2.14. The number of carbonyl (C=O) groups excluding carboxylic acids is 1. The second-order valence-corrected chi connectivity index (χ2v) is 5.22. The molecule has 24 heavy (non-hydrogen) atoms. The van der Waals surface area contributed by atoms with Gasteiger partial charge in [0.1, 0.15) is 5.82 Å². The number of benzene rings is 2. The molecule has 1 amide bonds. The first-order valence-corrected chi connectivity index (χ1v) is 7.33. The van der Waals surface area contributed by atoms with Crippen molar-refractivity contribution in [3.63, 3.8) is 0 Å². The van der Waals surface area contributed by atoms with Crippen molar-refractivity contribution in [2.75, 3.05) is 10.6 Å². The molecule has 5 nitrogen and oxygen atoms in total. The van der Waals surface area contributed by atoms with Crippen LogP contribution in [0, 0.1) is 12.7 Å². The summed E-state index contributed by atoms with van der Waals surface area (Å²) in [5.74, 6) is -0.588. The molecule has 0 spiro atoms. The third-order valence-electron chi connectivity index (χ3n) is 3.31. The van der Waals surface area contributed by atoms with Crippen molar-refractivity contribution in [1.29, 1.82) is 0 Å². The van der Waals surface area contributed by atoms with Crippen molar-refractivity contribution >= 4 is 23.2 Å². The molecule has 2 aromatic carbocycles. The van der Waals surface area contributed by atoms with Crippen LogP contribution in [0.1, 0.15) is 15.9 Å². The number of amides is 1. The van der Waals surface area contributed by atoms with Gasteiger partial charge in [-0.25, -0.2) is 14.4 Å². The third kappa shape index (κ3) is 3.73. The predicted octanol–water partition coefficient (Wildman–Crippen LogP) is 3.92. The largest absolute Gasteiger partial charge is 0.324 e. The molecular formula is C18H15FN4O. The average molecular weight is 322 g/mol. The number of aromatic nitrogens is 2. The molecule has 0 radical (unpaired) electrons. The maximum Gasteiger partial charge on any atom is 0.258 e. The zero-order chi connectivity index (χ0) is 16.9. The zero-order valence-corrected chi connectivity index (χ0v) is 13.0. The Morgan fingerprint density at radius 1 is 1.04 bits per heavy atom. The number of hydrogen-bond acceptors (Lipinski definition) is 4. The standard InChI is InChI=1S/C18H15FN4O/c1-12-5-4-6-14(9-12)22-18-20-10-13(11-21-18)17(24)23-16-8-3-2-7-15(16)19/h2-11H,1H3,(H,23,24)(H,20,21,22). The summed E-state index contributed by atoms with van der Waals surface area (Å²) >= 11 is 0. The number of nitrogens with one attached hydrogen (secondary N) is 2. The fraction of sp³-hybridized carbons (Fsp3) is 0.0556. The minimum absolute atomic E-state index is 0.115. The van der Waals surface area contributed by atoms with E-state index in [0.29, 0.717) is 5.95 Å². The van der Waals surface area contributed by atoms with E-state index < -0.39 is 11.7 Å². The van der Waals surface area contributed by atoms with E-state index in [4.69, 9.17) is 0 Å². The molecule has 2 N–H and O–H groups in total. The first-order chi connectivity index (χ1) is 11.6. The lowest BCUT2D eigenvalue weighted by molar-refractivity contribution is 0.102. The van der Waals surface area contributed by atoms with E-state index in [1.165, 1.54) is 24.5 Å². The molecule has 3 rings (SSSR count). The summed E-state index contributed by atoms with van der Waals surface area (Å²) in [5, 5.41) is 5.54. The molecule has 0 unspecified atom stereocenters. The molecular weight excluding hydrogens is 307 g/mol. The number of aryl methyl sites for hydroxylation is 1. The maximum absolute atomic E-state index is 13.5. The van der Waals surface area contributed by atoms with Crippen LogP contribution >= 0.6 is 0 Å². The molecule has 0 aliphatic heterocycles. The van der Waals surface area contributed by atoms with Crippen LogP contribution in [0.4, 0.5) is 21.7 Å². The van der Waals surface area contributed by atoms with Crippen molar-refractivity contribution in [3.8, 4) is 0 Å². The number of halogens is 1. The third-order valence-corrected chi connectivity index (χ3v) is 3.31. The minimum atomic E-state index is -0.496. The summed E-state index contributed by atoms with van der Waals surface area (Å²) in [6.07, 6.45) is 2.78. The summed E-state index contributed by atoms with van der Waals surface area (Å²) in [6, 6.07) is 13.7. The predicted molar refractivity (Wildman–Crippen MR) is 90.8 cm³/mol. The molecule has 0 saturated heterocycles. The first kappa shape index (κ1) is 15.6. The van der Waals surface area contributed by atoms with Crippen LogP contribution in [-0.4, -0.2) is 15.9 Å². The van der Waals surface area contributed by atoms with E-state index in [-0.39, 0.29) is 11.3 Å². The molecule has 0 atom stereocenters. The van der Waals surface area contributed by atoms with Crippen LogP contribution in [0.5, 0.6) is 0 Å². The summed E-state index contributed by atoms with van der Waals surface area (Å²) in [5.41, 5.74) is 2.33. The SMILES string of the molecule is Cc1cccc(Nc2ncc(C(=O)Nc3ccccc3F)cn2)c1. The van der Waals surface area contributed by atoms with Gasteiger partial charge in [0.15, 0.2) is 0 Å². The Bertz CT molecular complexity index is 865. The van der Waals surface area contributed by atoms with Crippen molar-refractivity contribution in [2.45, 2.75) is 6.92 Å². The number of carbonyl (C=O) groups is 1. The molecule has 1 heterocycles. The van der Waals surface area contributed by atoms with E-state index in [0.717, 1.165) is 11.3 Å². The van der Waals surface area contributed by atoms with Crippen LogP contribution in [-0.2, 0) is 0 Å². The highest BCUT2D eigenvalue weighted by Gasteiger charge is 2.10. The summed E-state index contributed by atoms with van der Waals surface area (Å²) in [4.78, 5) is 20.3. The highest BCUT2D eigenvalue weighted by molar-refractivity contribution is 6.03. The number of nitrogens with zero attached hydrogens (tertiary/aromatic N) is 2. The maximum atomic E-state index is 13.5. The fourth-order valence-electron chi connectivity index (χ4n) is 2.12. The van der Waals surface area contributed by atoms with Crippen LogP contribution in [0.25, 0.3) is 0 Å². The van der Waals surface area contributed by atoms with Crippen LogP contribution in [0.15, 0.2) is 60.9 Å². The number of hydrogen-bond donors (Lipinski definition) is 2. The Morgan fingerprint density at radius 2 is 1.79 bits per heavy atom. The molecule has 0 saturated carbocycles. The Hall–Kier alpha value is -3.28. The molecule has 0 aliphatic rings. The van der Waals surface area contributed by atoms with Crippen LogP contribution in [0.2, 0.25) is 0 Å². The summed E-state index contributed by atoms with van der Waals surface area (Å²) < 4.78 is 13.5. The molecule has 3 aromatic rings. The van der Waals surface area contributed by atoms with Gasteiger partial charge in [-0.15, -0.1) is 0 Å². The van der Waals surface area contributed by atoms with Crippen molar-refractivity contribution < 1.29 is 9.18 Å². The average Bonchev–Trinajstić information content (AvgIpc) is 2.57. The lowest BCUT2D eigenvalue weighted by atomic mass is 10.2. The molecule has 1 aromatic heterocycles. The van der Waals surface area contributed by atoms with Gasteiger partial charge in [0.2, 0.25) is 5.95 Å². The van der Waals surface area contributed by atoms with E-state index in [1.807, 2.05) is 31.2 Å². The highest BCUT2D eigenvalue weighted by Crippen LogP contribution is 2.16. The normalized spacial score (nSPS) is 10.2. The quantitative estimate of drug-likeness (QED) is 0.764. The zero-order valence-electron chi connectivity index (χ0n) is 13.0. The fourth-order valence-corrected chi connectivity index (χ4v) is 2.12. The molecule has 120 valence electrons. The summed E-state index contributed by atoms with van der Waals surface area (Å²) in [7, 11) is 0. The van der Waals surface area contributed by atoms with Crippen LogP contribution < -0.4 is 10.6 Å². The summed E-state index contributed by atoms with van der Waals surface area (Å²) in [6.45, 7) is 1.99. The van der Waals surface area contributed by atoms with Gasteiger partial charge in [0.05, 0.1) is 11.3 Å². The van der Waals surface area contributed by atoms with Gasteiger partial charge in [-0.1, -0.05) is 24.3 Å². The number of para-hydroxylation sites is 1.